The molecule has 2 heterocycles. The minimum Gasteiger partial charge on any atom is -0.438 e. The Hall–Kier alpha value is -2.98. The van der Waals surface area contributed by atoms with Crippen molar-refractivity contribution in [3.05, 3.63) is 87.5 Å². The molecule has 3 aromatic rings. The molecule has 37 heavy (non-hydrogen) atoms. The van der Waals surface area contributed by atoms with E-state index in [2.05, 4.69) is 31.1 Å². The summed E-state index contributed by atoms with van der Waals surface area (Å²) in [5.74, 6) is -0.0882. The Morgan fingerprint density at radius 2 is 1.78 bits per heavy atom. The lowest BCUT2D eigenvalue weighted by Crippen LogP contribution is -2.55. The molecule has 1 aliphatic rings. The normalized spacial score (nSPS) is 14.7. The summed E-state index contributed by atoms with van der Waals surface area (Å²) in [7, 11) is 2.02. The Balaban J connectivity index is 1.51. The molecule has 1 saturated heterocycles. The van der Waals surface area contributed by atoms with Gasteiger partial charge in [0, 0.05) is 41.9 Å². The molecule has 0 unspecified atom stereocenters. The molecule has 10 heteroatoms. The summed E-state index contributed by atoms with van der Waals surface area (Å²) in [6, 6.07) is 17.2. The molecule has 1 N–H and O–H groups in total. The third kappa shape index (κ3) is 7.75. The van der Waals surface area contributed by atoms with Gasteiger partial charge < -0.3 is 24.6 Å². The maximum absolute atomic E-state index is 13.4. The van der Waals surface area contributed by atoms with Crippen LogP contribution in [0.1, 0.15) is 15.9 Å². The highest BCUT2D eigenvalue weighted by Crippen LogP contribution is 2.26. The number of nitrogens with zero attached hydrogens (tertiary/aromatic N) is 3. The number of carbonyl (C=O) groups excluding carboxylic acids is 2. The van der Waals surface area contributed by atoms with Crippen LogP contribution < -0.4 is 10.1 Å². The standard InChI is InChI=1S/C27H28BrClN4O4/c1-32-11-13-33(14-12-32)27(35)24(18-36-17-19-5-3-2-4-6-19)31-25(34)23-15-20(28)16-30-26(23)37-22-9-7-21(29)8-10-22/h2-10,15-16,24H,11-14,17-18H2,1H3,(H,31,34)/t24-/m1/s1. The smallest absolute Gasteiger partial charge is 0.257 e. The number of hydrogen-bond donors (Lipinski definition) is 1. The zero-order valence-corrected chi connectivity index (χ0v) is 22.7. The number of aromatic nitrogens is 1. The summed E-state index contributed by atoms with van der Waals surface area (Å²) in [6.45, 7) is 3.07. The van der Waals surface area contributed by atoms with E-state index >= 15 is 0 Å². The number of amides is 2. The molecule has 1 atom stereocenters. The Morgan fingerprint density at radius 1 is 1.08 bits per heavy atom. The summed E-state index contributed by atoms with van der Waals surface area (Å²) < 4.78 is 12.3. The maximum Gasteiger partial charge on any atom is 0.257 e. The van der Waals surface area contributed by atoms with E-state index in [0.29, 0.717) is 34.9 Å². The van der Waals surface area contributed by atoms with Crippen molar-refractivity contribution in [3.8, 4) is 11.6 Å². The van der Waals surface area contributed by atoms with Crippen LogP contribution in [0.25, 0.3) is 0 Å². The first-order chi connectivity index (χ1) is 17.9. The first kappa shape index (κ1) is 27.1. The predicted octanol–water partition coefficient (Wildman–Crippen LogP) is 4.38. The molecule has 0 spiro atoms. The van der Waals surface area contributed by atoms with Crippen molar-refractivity contribution in [1.29, 1.82) is 0 Å². The highest BCUT2D eigenvalue weighted by Gasteiger charge is 2.29. The summed E-state index contributed by atoms with van der Waals surface area (Å²) >= 11 is 9.34. The number of piperazine rings is 1. The number of rotatable bonds is 9. The van der Waals surface area contributed by atoms with E-state index in [-0.39, 0.29) is 24.0 Å². The Morgan fingerprint density at radius 3 is 2.49 bits per heavy atom. The van der Waals surface area contributed by atoms with Crippen LogP contribution in [-0.4, -0.2) is 72.5 Å². The molecule has 0 radical (unpaired) electrons. The lowest BCUT2D eigenvalue weighted by Gasteiger charge is -2.34. The van der Waals surface area contributed by atoms with E-state index < -0.39 is 11.9 Å². The lowest BCUT2D eigenvalue weighted by atomic mass is 10.2. The fourth-order valence-corrected chi connectivity index (χ4v) is 4.27. The molecule has 1 aliphatic heterocycles. The third-order valence-corrected chi connectivity index (χ3v) is 6.59. The van der Waals surface area contributed by atoms with Crippen molar-refractivity contribution < 1.29 is 19.1 Å². The molecular formula is C27H28BrClN4O4. The quantitative estimate of drug-likeness (QED) is 0.400. The second kappa shape index (κ2) is 13.0. The largest absolute Gasteiger partial charge is 0.438 e. The van der Waals surface area contributed by atoms with Gasteiger partial charge in [0.2, 0.25) is 11.8 Å². The number of pyridine rings is 1. The number of ether oxygens (including phenoxy) is 2. The predicted molar refractivity (Wildman–Crippen MR) is 145 cm³/mol. The molecule has 0 saturated carbocycles. The third-order valence-electron chi connectivity index (χ3n) is 5.90. The van der Waals surface area contributed by atoms with Gasteiger partial charge in [-0.25, -0.2) is 4.98 Å². The van der Waals surface area contributed by atoms with Gasteiger partial charge >= 0.3 is 0 Å². The van der Waals surface area contributed by atoms with E-state index in [1.807, 2.05) is 37.4 Å². The minimum atomic E-state index is -0.873. The second-order valence-corrected chi connectivity index (χ2v) is 10.1. The van der Waals surface area contributed by atoms with Gasteiger partial charge in [0.15, 0.2) is 0 Å². The van der Waals surface area contributed by atoms with E-state index in [4.69, 9.17) is 21.1 Å². The molecule has 0 aliphatic carbocycles. The summed E-state index contributed by atoms with van der Waals surface area (Å²) in [5.41, 5.74) is 1.16. The van der Waals surface area contributed by atoms with Gasteiger partial charge in [-0.2, -0.15) is 0 Å². The van der Waals surface area contributed by atoms with Crippen LogP contribution in [0.3, 0.4) is 0 Å². The molecular weight excluding hydrogens is 560 g/mol. The zero-order chi connectivity index (χ0) is 26.2. The van der Waals surface area contributed by atoms with Gasteiger partial charge in [-0.1, -0.05) is 41.9 Å². The van der Waals surface area contributed by atoms with Gasteiger partial charge in [0.05, 0.1) is 13.2 Å². The first-order valence-electron chi connectivity index (χ1n) is 11.9. The van der Waals surface area contributed by atoms with Crippen LogP contribution in [0.15, 0.2) is 71.3 Å². The van der Waals surface area contributed by atoms with E-state index in [1.54, 1.807) is 35.2 Å². The molecule has 2 amide bonds. The summed E-state index contributed by atoms with van der Waals surface area (Å²) in [5, 5.41) is 3.42. The van der Waals surface area contributed by atoms with Crippen LogP contribution in [0.4, 0.5) is 0 Å². The summed E-state index contributed by atoms with van der Waals surface area (Å²) in [4.78, 5) is 35.1. The number of nitrogens with one attached hydrogen (secondary N) is 1. The number of carbonyl (C=O) groups is 2. The number of halogens is 2. The molecule has 194 valence electrons. The molecule has 8 nitrogen and oxygen atoms in total. The number of likely N-dealkylation sites (N-methyl/N-ethyl adjacent to an activating group) is 1. The van der Waals surface area contributed by atoms with Gasteiger partial charge in [0.1, 0.15) is 17.4 Å². The zero-order valence-electron chi connectivity index (χ0n) is 20.4. The van der Waals surface area contributed by atoms with Crippen LogP contribution in [0.5, 0.6) is 11.6 Å². The maximum atomic E-state index is 13.4. The fraction of sp³-hybridized carbons (Fsp3) is 0.296. The Kier molecular flexibility index (Phi) is 9.51. The Labute approximate surface area is 229 Å². The minimum absolute atomic E-state index is 0.0284. The number of hydrogen-bond acceptors (Lipinski definition) is 6. The SMILES string of the molecule is CN1CCN(C(=O)[C@@H](COCc2ccccc2)NC(=O)c2cc(Br)cnc2Oc2ccc(Cl)cc2)CC1. The topological polar surface area (TPSA) is 84.0 Å². The molecule has 4 rings (SSSR count). The average Bonchev–Trinajstić information content (AvgIpc) is 2.91. The van der Waals surface area contributed by atoms with Crippen LogP contribution in [-0.2, 0) is 16.1 Å². The van der Waals surface area contributed by atoms with Crippen LogP contribution in [0.2, 0.25) is 5.02 Å². The lowest BCUT2D eigenvalue weighted by molar-refractivity contribution is -0.136. The van der Waals surface area contributed by atoms with Crippen molar-refractivity contribution in [2.24, 2.45) is 0 Å². The van der Waals surface area contributed by atoms with Crippen molar-refractivity contribution in [2.75, 3.05) is 39.8 Å². The highest BCUT2D eigenvalue weighted by molar-refractivity contribution is 9.10. The van der Waals surface area contributed by atoms with Gasteiger partial charge in [-0.05, 0) is 58.9 Å². The van der Waals surface area contributed by atoms with E-state index in [9.17, 15) is 9.59 Å². The van der Waals surface area contributed by atoms with E-state index in [1.165, 1.54) is 6.20 Å². The van der Waals surface area contributed by atoms with E-state index in [0.717, 1.165) is 18.7 Å². The average molecular weight is 588 g/mol. The van der Waals surface area contributed by atoms with Gasteiger partial charge in [-0.3, -0.25) is 9.59 Å². The Bertz CT molecular complexity index is 1200. The molecule has 0 bridgehead atoms. The van der Waals surface area contributed by atoms with Gasteiger partial charge in [0.25, 0.3) is 5.91 Å². The highest BCUT2D eigenvalue weighted by atomic mass is 79.9. The van der Waals surface area contributed by atoms with Gasteiger partial charge in [-0.15, -0.1) is 0 Å². The molecule has 1 fully saturated rings. The van der Waals surface area contributed by atoms with Crippen molar-refractivity contribution in [2.45, 2.75) is 12.6 Å². The first-order valence-corrected chi connectivity index (χ1v) is 13.0. The molecule has 1 aromatic heterocycles. The monoisotopic (exact) mass is 586 g/mol. The summed E-state index contributed by atoms with van der Waals surface area (Å²) in [6.07, 6.45) is 1.54. The van der Waals surface area contributed by atoms with Crippen molar-refractivity contribution >= 4 is 39.3 Å². The molecule has 2 aromatic carbocycles. The van der Waals surface area contributed by atoms with Crippen molar-refractivity contribution in [3.63, 3.8) is 0 Å². The second-order valence-electron chi connectivity index (χ2n) is 8.72. The van der Waals surface area contributed by atoms with Crippen molar-refractivity contribution in [1.82, 2.24) is 20.1 Å². The number of benzene rings is 2. The fourth-order valence-electron chi connectivity index (χ4n) is 3.81. The van der Waals surface area contributed by atoms with Crippen LogP contribution >= 0.6 is 27.5 Å². The van der Waals surface area contributed by atoms with Crippen LogP contribution in [0, 0.1) is 0 Å².